The lowest BCUT2D eigenvalue weighted by molar-refractivity contribution is 0.372. The molecular weight excluding hydrogens is 276 g/mol. The molecule has 0 aromatic heterocycles. The van der Waals surface area contributed by atoms with Gasteiger partial charge < -0.3 is 19.9 Å². The molecule has 0 aliphatic carbocycles. The first-order valence-corrected chi connectivity index (χ1v) is 8.13. The van der Waals surface area contributed by atoms with Crippen molar-refractivity contribution in [2.75, 3.05) is 51.8 Å². The average Bonchev–Trinajstić information content (AvgIpc) is 2.59. The van der Waals surface area contributed by atoms with E-state index in [2.05, 4.69) is 39.2 Å². The van der Waals surface area contributed by atoms with Crippen molar-refractivity contribution < 1.29 is 4.74 Å². The van der Waals surface area contributed by atoms with Crippen LogP contribution in [-0.2, 0) is 0 Å². The van der Waals surface area contributed by atoms with Crippen molar-refractivity contribution in [2.24, 2.45) is 4.99 Å². The van der Waals surface area contributed by atoms with Crippen molar-refractivity contribution in [2.45, 2.75) is 19.8 Å². The molecule has 1 N–H and O–H groups in total. The zero-order valence-electron chi connectivity index (χ0n) is 14.0. The number of anilines is 1. The first-order chi connectivity index (χ1) is 10.8. The molecule has 0 radical (unpaired) electrons. The monoisotopic (exact) mass is 304 g/mol. The van der Waals surface area contributed by atoms with E-state index in [1.807, 2.05) is 19.2 Å². The molecule has 5 heteroatoms. The van der Waals surface area contributed by atoms with Crippen molar-refractivity contribution in [3.63, 3.8) is 0 Å². The number of methoxy groups -OCH3 is 1. The first kappa shape index (κ1) is 16.5. The zero-order chi connectivity index (χ0) is 15.8. The average molecular weight is 304 g/mol. The summed E-state index contributed by atoms with van der Waals surface area (Å²) in [5.41, 5.74) is 1.26. The lowest BCUT2D eigenvalue weighted by Gasteiger charge is -2.37. The van der Waals surface area contributed by atoms with Gasteiger partial charge in [0, 0.05) is 45.5 Å². The third-order valence-corrected chi connectivity index (χ3v) is 4.04. The Kier molecular flexibility index (Phi) is 6.37. The van der Waals surface area contributed by atoms with Crippen LogP contribution in [0.3, 0.4) is 0 Å². The summed E-state index contributed by atoms with van der Waals surface area (Å²) in [7, 11) is 3.56. The number of hydrogen-bond acceptors (Lipinski definition) is 3. The Morgan fingerprint density at radius 2 is 1.86 bits per heavy atom. The molecule has 2 rings (SSSR count). The topological polar surface area (TPSA) is 40.1 Å². The van der Waals surface area contributed by atoms with Crippen molar-refractivity contribution in [3.05, 3.63) is 24.3 Å². The molecule has 0 spiro atoms. The van der Waals surface area contributed by atoms with E-state index >= 15 is 0 Å². The van der Waals surface area contributed by atoms with E-state index in [0.717, 1.165) is 44.4 Å². The Balaban J connectivity index is 1.86. The first-order valence-electron chi connectivity index (χ1n) is 8.13. The van der Waals surface area contributed by atoms with Gasteiger partial charge in [-0.25, -0.2) is 0 Å². The molecule has 5 nitrogen and oxygen atoms in total. The largest absolute Gasteiger partial charge is 0.497 e. The second-order valence-corrected chi connectivity index (χ2v) is 5.50. The molecule has 1 aliphatic rings. The van der Waals surface area contributed by atoms with Crippen LogP contribution in [0.15, 0.2) is 29.3 Å². The number of hydrogen-bond donors (Lipinski definition) is 1. The summed E-state index contributed by atoms with van der Waals surface area (Å²) < 4.78 is 5.22. The minimum Gasteiger partial charge on any atom is -0.497 e. The number of ether oxygens (including phenoxy) is 1. The van der Waals surface area contributed by atoms with Crippen molar-refractivity contribution in [1.29, 1.82) is 0 Å². The van der Waals surface area contributed by atoms with E-state index in [9.17, 15) is 0 Å². The van der Waals surface area contributed by atoms with Gasteiger partial charge in [-0.15, -0.1) is 0 Å². The Labute approximate surface area is 134 Å². The van der Waals surface area contributed by atoms with Gasteiger partial charge in [0.2, 0.25) is 0 Å². The van der Waals surface area contributed by atoms with Gasteiger partial charge in [-0.3, -0.25) is 4.99 Å². The van der Waals surface area contributed by atoms with Crippen LogP contribution in [0.5, 0.6) is 5.75 Å². The summed E-state index contributed by atoms with van der Waals surface area (Å²) in [6, 6.07) is 8.30. The van der Waals surface area contributed by atoms with Crippen LogP contribution in [0.4, 0.5) is 5.69 Å². The second-order valence-electron chi connectivity index (χ2n) is 5.50. The predicted molar refractivity (Wildman–Crippen MR) is 93.0 cm³/mol. The van der Waals surface area contributed by atoms with Gasteiger partial charge in [0.05, 0.1) is 7.11 Å². The molecule has 22 heavy (non-hydrogen) atoms. The maximum atomic E-state index is 5.22. The van der Waals surface area contributed by atoms with Gasteiger partial charge in [0.15, 0.2) is 5.96 Å². The SMILES string of the molecule is CCCCNC(=NC)N1CCN(c2ccc(OC)cc2)CC1. The van der Waals surface area contributed by atoms with Crippen LogP contribution >= 0.6 is 0 Å². The summed E-state index contributed by atoms with van der Waals surface area (Å²) >= 11 is 0. The third-order valence-electron chi connectivity index (χ3n) is 4.04. The summed E-state index contributed by atoms with van der Waals surface area (Å²) in [5.74, 6) is 1.94. The number of benzene rings is 1. The molecule has 1 aliphatic heterocycles. The molecule has 1 heterocycles. The van der Waals surface area contributed by atoms with Crippen LogP contribution in [0.1, 0.15) is 19.8 Å². The fourth-order valence-electron chi connectivity index (χ4n) is 2.68. The van der Waals surface area contributed by atoms with Crippen LogP contribution in [-0.4, -0.2) is 57.7 Å². The Bertz CT molecular complexity index is 464. The highest BCUT2D eigenvalue weighted by atomic mass is 16.5. The Morgan fingerprint density at radius 3 is 2.41 bits per heavy atom. The minimum absolute atomic E-state index is 0.905. The molecule has 122 valence electrons. The smallest absolute Gasteiger partial charge is 0.193 e. The van der Waals surface area contributed by atoms with E-state index in [1.165, 1.54) is 18.5 Å². The number of nitrogens with one attached hydrogen (secondary N) is 1. The third kappa shape index (κ3) is 4.29. The summed E-state index contributed by atoms with van der Waals surface area (Å²) in [4.78, 5) is 9.16. The molecule has 1 aromatic carbocycles. The van der Waals surface area contributed by atoms with E-state index in [-0.39, 0.29) is 0 Å². The molecule has 0 atom stereocenters. The van der Waals surface area contributed by atoms with E-state index in [0.29, 0.717) is 0 Å². The summed E-state index contributed by atoms with van der Waals surface area (Å²) in [6.45, 7) is 7.23. The highest BCUT2D eigenvalue weighted by Crippen LogP contribution is 2.20. The van der Waals surface area contributed by atoms with Crippen molar-refractivity contribution in [3.8, 4) is 5.75 Å². The standard InChI is InChI=1S/C17H28N4O/c1-4-5-10-19-17(18-2)21-13-11-20(12-14-21)15-6-8-16(22-3)9-7-15/h6-9H,4-5,10-14H2,1-3H3,(H,18,19). The molecule has 1 saturated heterocycles. The van der Waals surface area contributed by atoms with Gasteiger partial charge in [0.25, 0.3) is 0 Å². The van der Waals surface area contributed by atoms with Crippen LogP contribution in [0, 0.1) is 0 Å². The summed E-state index contributed by atoms with van der Waals surface area (Å²) in [6.07, 6.45) is 2.39. The fourth-order valence-corrected chi connectivity index (χ4v) is 2.68. The van der Waals surface area contributed by atoms with Crippen molar-refractivity contribution >= 4 is 11.6 Å². The van der Waals surface area contributed by atoms with E-state index in [1.54, 1.807) is 7.11 Å². The minimum atomic E-state index is 0.905. The predicted octanol–water partition coefficient (Wildman–Crippen LogP) is 2.19. The number of rotatable bonds is 5. The Morgan fingerprint density at radius 1 is 1.18 bits per heavy atom. The van der Waals surface area contributed by atoms with Crippen LogP contribution in [0.2, 0.25) is 0 Å². The lowest BCUT2D eigenvalue weighted by Crippen LogP contribution is -2.52. The molecule has 0 bridgehead atoms. The highest BCUT2D eigenvalue weighted by molar-refractivity contribution is 5.80. The molecule has 0 unspecified atom stereocenters. The number of nitrogens with zero attached hydrogens (tertiary/aromatic N) is 3. The van der Waals surface area contributed by atoms with Gasteiger partial charge in [-0.05, 0) is 30.7 Å². The molecule has 0 amide bonds. The molecule has 1 fully saturated rings. The van der Waals surface area contributed by atoms with Gasteiger partial charge in [-0.2, -0.15) is 0 Å². The number of piperazine rings is 1. The molecule has 0 saturated carbocycles. The van der Waals surface area contributed by atoms with Crippen LogP contribution in [0.25, 0.3) is 0 Å². The number of guanidine groups is 1. The quantitative estimate of drug-likeness (QED) is 0.514. The molecular formula is C17H28N4O. The van der Waals surface area contributed by atoms with Gasteiger partial charge in [0.1, 0.15) is 5.75 Å². The van der Waals surface area contributed by atoms with Gasteiger partial charge in [-0.1, -0.05) is 13.3 Å². The maximum Gasteiger partial charge on any atom is 0.193 e. The van der Waals surface area contributed by atoms with Crippen LogP contribution < -0.4 is 15.0 Å². The number of unbranched alkanes of at least 4 members (excludes halogenated alkanes) is 1. The normalized spacial score (nSPS) is 15.9. The van der Waals surface area contributed by atoms with Gasteiger partial charge >= 0.3 is 0 Å². The summed E-state index contributed by atoms with van der Waals surface area (Å²) in [5, 5.41) is 3.45. The van der Waals surface area contributed by atoms with Crippen molar-refractivity contribution in [1.82, 2.24) is 10.2 Å². The second kappa shape index (κ2) is 8.51. The highest BCUT2D eigenvalue weighted by Gasteiger charge is 2.19. The maximum absolute atomic E-state index is 5.22. The molecule has 1 aromatic rings. The fraction of sp³-hybridized carbons (Fsp3) is 0.588. The Hall–Kier alpha value is -1.91. The van der Waals surface area contributed by atoms with E-state index in [4.69, 9.17) is 4.74 Å². The lowest BCUT2D eigenvalue weighted by atomic mass is 10.2. The zero-order valence-corrected chi connectivity index (χ0v) is 14.0. The van der Waals surface area contributed by atoms with E-state index < -0.39 is 0 Å². The number of aliphatic imine (C=N–C) groups is 1.